The number of carbonyl (C=O) groups is 1. The fourth-order valence-corrected chi connectivity index (χ4v) is 1.98. The second kappa shape index (κ2) is 7.47. The zero-order valence-electron chi connectivity index (χ0n) is 14.8. The molecule has 130 valence electrons. The van der Waals surface area contributed by atoms with Crippen LogP contribution in [0.15, 0.2) is 28.8 Å². The number of esters is 1. The van der Waals surface area contributed by atoms with Crippen molar-refractivity contribution in [3.05, 3.63) is 41.5 Å². The summed E-state index contributed by atoms with van der Waals surface area (Å²) in [5.41, 5.74) is 0.605. The third-order valence-corrected chi connectivity index (χ3v) is 3.09. The first-order valence-corrected chi connectivity index (χ1v) is 7.98. The van der Waals surface area contributed by atoms with Crippen molar-refractivity contribution in [2.24, 2.45) is 0 Å². The van der Waals surface area contributed by atoms with Gasteiger partial charge in [0.1, 0.15) is 5.75 Å². The largest absolute Gasteiger partial charge is 0.491 e. The summed E-state index contributed by atoms with van der Waals surface area (Å²) in [6.07, 6.45) is 0.252. The van der Waals surface area contributed by atoms with Crippen LogP contribution in [0.5, 0.6) is 5.75 Å². The van der Waals surface area contributed by atoms with Gasteiger partial charge in [0.2, 0.25) is 11.7 Å². The van der Waals surface area contributed by atoms with E-state index in [1.807, 2.05) is 58.9 Å². The van der Waals surface area contributed by atoms with E-state index in [2.05, 4.69) is 10.1 Å². The Labute approximate surface area is 142 Å². The number of nitrogens with zero attached hydrogens (tertiary/aromatic N) is 2. The molecule has 0 aliphatic heterocycles. The lowest BCUT2D eigenvalue weighted by Crippen LogP contribution is -2.12. The van der Waals surface area contributed by atoms with Gasteiger partial charge in [-0.2, -0.15) is 4.98 Å². The molecule has 6 heteroatoms. The van der Waals surface area contributed by atoms with E-state index in [9.17, 15) is 4.79 Å². The van der Waals surface area contributed by atoms with Gasteiger partial charge in [-0.3, -0.25) is 4.79 Å². The van der Waals surface area contributed by atoms with Crippen molar-refractivity contribution in [2.45, 2.75) is 59.2 Å². The number of ether oxygens (including phenoxy) is 2. The van der Waals surface area contributed by atoms with E-state index in [0.29, 0.717) is 11.7 Å². The maximum Gasteiger partial charge on any atom is 0.310 e. The van der Waals surface area contributed by atoms with Crippen molar-refractivity contribution in [1.29, 1.82) is 0 Å². The predicted molar refractivity (Wildman–Crippen MR) is 88.7 cm³/mol. The quantitative estimate of drug-likeness (QED) is 0.754. The van der Waals surface area contributed by atoms with Crippen LogP contribution in [0.3, 0.4) is 0 Å². The maximum atomic E-state index is 12.0. The van der Waals surface area contributed by atoms with Crippen LogP contribution in [0.2, 0.25) is 0 Å². The Bertz CT molecular complexity index is 686. The van der Waals surface area contributed by atoms with Gasteiger partial charge >= 0.3 is 5.97 Å². The van der Waals surface area contributed by atoms with Crippen LogP contribution in [-0.2, 0) is 28.0 Å². The van der Waals surface area contributed by atoms with Crippen molar-refractivity contribution in [2.75, 3.05) is 0 Å². The van der Waals surface area contributed by atoms with E-state index in [0.717, 1.165) is 11.3 Å². The Balaban J connectivity index is 1.88. The molecule has 0 saturated carbocycles. The number of carbonyl (C=O) groups excluding carboxylic acids is 1. The lowest BCUT2D eigenvalue weighted by atomic mass is 9.97. The Morgan fingerprint density at radius 3 is 2.67 bits per heavy atom. The van der Waals surface area contributed by atoms with E-state index in [-0.39, 0.29) is 30.5 Å². The third kappa shape index (κ3) is 5.37. The van der Waals surface area contributed by atoms with Crippen molar-refractivity contribution in [3.63, 3.8) is 0 Å². The minimum Gasteiger partial charge on any atom is -0.491 e. The summed E-state index contributed by atoms with van der Waals surface area (Å²) in [7, 11) is 0. The smallest absolute Gasteiger partial charge is 0.310 e. The highest BCUT2D eigenvalue weighted by atomic mass is 16.5. The van der Waals surface area contributed by atoms with Gasteiger partial charge in [-0.1, -0.05) is 38.1 Å². The molecule has 0 saturated heterocycles. The average Bonchev–Trinajstić information content (AvgIpc) is 2.94. The molecule has 6 nitrogen and oxygen atoms in total. The van der Waals surface area contributed by atoms with Crippen molar-refractivity contribution < 1.29 is 18.8 Å². The number of hydrogen-bond donors (Lipinski definition) is 0. The first-order valence-electron chi connectivity index (χ1n) is 7.98. The molecule has 0 fully saturated rings. The highest BCUT2D eigenvalue weighted by molar-refractivity contribution is 5.72. The topological polar surface area (TPSA) is 74.5 Å². The summed E-state index contributed by atoms with van der Waals surface area (Å²) in [5.74, 6) is 1.28. The Morgan fingerprint density at radius 1 is 1.29 bits per heavy atom. The second-order valence-electron chi connectivity index (χ2n) is 6.92. The summed E-state index contributed by atoms with van der Waals surface area (Å²) in [5, 5.41) is 3.83. The van der Waals surface area contributed by atoms with Gasteiger partial charge in [-0.25, -0.2) is 0 Å². The molecule has 0 bridgehead atoms. The molecule has 1 heterocycles. The van der Waals surface area contributed by atoms with Gasteiger partial charge in [0.25, 0.3) is 0 Å². The molecule has 0 aliphatic rings. The van der Waals surface area contributed by atoms with Gasteiger partial charge in [0, 0.05) is 5.41 Å². The van der Waals surface area contributed by atoms with Crippen LogP contribution in [0.25, 0.3) is 0 Å². The lowest BCUT2D eigenvalue weighted by Gasteiger charge is -2.10. The van der Waals surface area contributed by atoms with Crippen LogP contribution >= 0.6 is 0 Å². The zero-order valence-corrected chi connectivity index (χ0v) is 14.8. The molecular weight excluding hydrogens is 308 g/mol. The lowest BCUT2D eigenvalue weighted by molar-refractivity contribution is -0.144. The minimum atomic E-state index is -0.348. The fraction of sp³-hybridized carbons (Fsp3) is 0.500. The van der Waals surface area contributed by atoms with Gasteiger partial charge in [-0.15, -0.1) is 0 Å². The van der Waals surface area contributed by atoms with Gasteiger partial charge in [-0.05, 0) is 31.5 Å². The van der Waals surface area contributed by atoms with Gasteiger partial charge < -0.3 is 14.0 Å². The first kappa shape index (κ1) is 18.0. The van der Waals surface area contributed by atoms with E-state index in [1.54, 1.807) is 0 Å². The second-order valence-corrected chi connectivity index (χ2v) is 6.92. The molecule has 0 unspecified atom stereocenters. The van der Waals surface area contributed by atoms with Crippen LogP contribution < -0.4 is 4.74 Å². The minimum absolute atomic E-state index is 0.000593. The fourth-order valence-electron chi connectivity index (χ4n) is 1.98. The standard InChI is InChI=1S/C18H24N2O4/c1-12(2)23-14-8-6-7-13(9-14)10-16(21)22-11-15-19-17(24-20-15)18(3,4)5/h6-9,12H,10-11H2,1-5H3. The van der Waals surface area contributed by atoms with Crippen molar-refractivity contribution >= 4 is 5.97 Å². The first-order chi connectivity index (χ1) is 11.2. The Morgan fingerprint density at radius 2 is 2.04 bits per heavy atom. The molecule has 24 heavy (non-hydrogen) atoms. The summed E-state index contributed by atoms with van der Waals surface area (Å²) >= 11 is 0. The highest BCUT2D eigenvalue weighted by Crippen LogP contribution is 2.20. The van der Waals surface area contributed by atoms with Crippen LogP contribution in [0.4, 0.5) is 0 Å². The monoisotopic (exact) mass is 332 g/mol. The van der Waals surface area contributed by atoms with Crippen LogP contribution in [-0.4, -0.2) is 22.2 Å². The molecule has 0 amide bonds. The molecule has 0 radical (unpaired) electrons. The van der Waals surface area contributed by atoms with E-state index in [1.165, 1.54) is 0 Å². The van der Waals surface area contributed by atoms with Gasteiger partial charge in [0.05, 0.1) is 12.5 Å². The summed E-state index contributed by atoms with van der Waals surface area (Å²) < 4.78 is 16.0. The van der Waals surface area contributed by atoms with Crippen molar-refractivity contribution in [1.82, 2.24) is 10.1 Å². The molecule has 0 atom stereocenters. The molecule has 2 rings (SSSR count). The normalized spacial score (nSPS) is 11.6. The average molecular weight is 332 g/mol. The molecule has 0 aliphatic carbocycles. The number of benzene rings is 1. The molecule has 1 aromatic carbocycles. The molecule has 1 aromatic heterocycles. The summed E-state index contributed by atoms with van der Waals surface area (Å²) in [6.45, 7) is 9.84. The molecule has 0 spiro atoms. The maximum absolute atomic E-state index is 12.0. The molecule has 0 N–H and O–H groups in total. The predicted octanol–water partition coefficient (Wildman–Crippen LogP) is 3.44. The number of rotatable bonds is 6. The zero-order chi connectivity index (χ0) is 17.7. The summed E-state index contributed by atoms with van der Waals surface area (Å²) in [4.78, 5) is 16.2. The Hall–Kier alpha value is -2.37. The van der Waals surface area contributed by atoms with Crippen LogP contribution in [0, 0.1) is 0 Å². The van der Waals surface area contributed by atoms with Gasteiger partial charge in [0.15, 0.2) is 6.61 Å². The van der Waals surface area contributed by atoms with E-state index < -0.39 is 0 Å². The Kier molecular flexibility index (Phi) is 5.59. The van der Waals surface area contributed by atoms with Crippen molar-refractivity contribution in [3.8, 4) is 5.75 Å². The third-order valence-electron chi connectivity index (χ3n) is 3.09. The molecular formula is C18H24N2O4. The molecule has 2 aromatic rings. The van der Waals surface area contributed by atoms with E-state index >= 15 is 0 Å². The number of hydrogen-bond acceptors (Lipinski definition) is 6. The van der Waals surface area contributed by atoms with Crippen LogP contribution in [0.1, 0.15) is 51.9 Å². The SMILES string of the molecule is CC(C)Oc1cccc(CC(=O)OCc2noc(C(C)(C)C)n2)c1. The van der Waals surface area contributed by atoms with E-state index in [4.69, 9.17) is 14.0 Å². The summed E-state index contributed by atoms with van der Waals surface area (Å²) in [6, 6.07) is 7.42. The number of aromatic nitrogens is 2. The highest BCUT2D eigenvalue weighted by Gasteiger charge is 2.22.